The molecule has 1 aromatic heterocycles. The molecule has 2 N–H and O–H groups in total. The van der Waals surface area contributed by atoms with E-state index in [0.717, 1.165) is 17.7 Å². The van der Waals surface area contributed by atoms with Crippen LogP contribution in [0.4, 0.5) is 5.69 Å². The summed E-state index contributed by atoms with van der Waals surface area (Å²) in [6.07, 6.45) is 0.890. The average Bonchev–Trinajstić information content (AvgIpc) is 3.31. The first-order chi connectivity index (χ1) is 14.3. The number of hydrogen-bond donors (Lipinski definition) is 1. The molecule has 30 heavy (non-hydrogen) atoms. The number of nitrogens with zero attached hydrogens (tertiary/aromatic N) is 4. The molecule has 0 fully saturated rings. The summed E-state index contributed by atoms with van der Waals surface area (Å²) in [7, 11) is 0. The fourth-order valence-electron chi connectivity index (χ4n) is 3.67. The van der Waals surface area contributed by atoms with Gasteiger partial charge >= 0.3 is 0 Å². The molecule has 0 saturated carbocycles. The van der Waals surface area contributed by atoms with Crippen LogP contribution in [0.15, 0.2) is 53.7 Å². The molecular weight excluding hydrogens is 394 g/mol. The number of thioether (sulfide) groups is 1. The van der Waals surface area contributed by atoms with E-state index in [1.165, 1.54) is 27.6 Å². The molecule has 1 atom stereocenters. The second kappa shape index (κ2) is 7.80. The van der Waals surface area contributed by atoms with E-state index in [-0.39, 0.29) is 16.6 Å². The quantitative estimate of drug-likeness (QED) is 0.508. The normalized spacial score (nSPS) is 14.6. The van der Waals surface area contributed by atoms with Gasteiger partial charge in [0.15, 0.2) is 5.82 Å². The molecule has 0 bridgehead atoms. The van der Waals surface area contributed by atoms with E-state index in [0.29, 0.717) is 17.5 Å². The topological polar surface area (TPSA) is 77.0 Å². The molecule has 0 radical (unpaired) electrons. The van der Waals surface area contributed by atoms with Gasteiger partial charge in [0, 0.05) is 17.8 Å². The van der Waals surface area contributed by atoms with Crippen LogP contribution in [0.2, 0.25) is 0 Å². The summed E-state index contributed by atoms with van der Waals surface area (Å²) in [4.78, 5) is 14.9. The number of hydrogen-bond acceptors (Lipinski definition) is 5. The molecule has 0 saturated heterocycles. The van der Waals surface area contributed by atoms with Crippen LogP contribution in [0.25, 0.3) is 11.4 Å². The number of nitrogens with two attached hydrogens (primary N) is 1. The van der Waals surface area contributed by atoms with Crippen LogP contribution < -0.4 is 10.7 Å². The summed E-state index contributed by atoms with van der Waals surface area (Å²) in [6, 6.07) is 16.3. The van der Waals surface area contributed by atoms with Gasteiger partial charge in [-0.3, -0.25) is 4.79 Å². The van der Waals surface area contributed by atoms with Crippen molar-refractivity contribution in [2.75, 3.05) is 17.3 Å². The minimum absolute atomic E-state index is 0.0593. The summed E-state index contributed by atoms with van der Waals surface area (Å²) in [6.45, 7) is 9.14. The summed E-state index contributed by atoms with van der Waals surface area (Å²) >= 11 is 1.34. The number of amides is 1. The maximum absolute atomic E-state index is 13.0. The predicted molar refractivity (Wildman–Crippen MR) is 122 cm³/mol. The van der Waals surface area contributed by atoms with Crippen molar-refractivity contribution in [2.24, 2.45) is 0 Å². The second-order valence-electron chi connectivity index (χ2n) is 8.63. The lowest BCUT2D eigenvalue weighted by Gasteiger charge is -2.21. The lowest BCUT2D eigenvalue weighted by atomic mass is 9.87. The Kier molecular flexibility index (Phi) is 5.32. The molecule has 2 heterocycles. The maximum Gasteiger partial charge on any atom is 0.240 e. The first kappa shape index (κ1) is 20.5. The molecule has 4 rings (SSSR count). The van der Waals surface area contributed by atoms with Crippen molar-refractivity contribution in [1.29, 1.82) is 0 Å². The second-order valence-corrected chi connectivity index (χ2v) is 9.94. The number of nitrogen functional groups attached to an aromatic ring is 1. The van der Waals surface area contributed by atoms with Crippen LogP contribution >= 0.6 is 11.8 Å². The number of carbonyl (C=O) groups excluding carboxylic acids is 1. The lowest BCUT2D eigenvalue weighted by molar-refractivity contribution is -0.117. The third-order valence-electron chi connectivity index (χ3n) is 5.46. The molecule has 6 nitrogen and oxygen atoms in total. The van der Waals surface area contributed by atoms with Crippen molar-refractivity contribution in [3.63, 3.8) is 0 Å². The molecule has 1 aliphatic heterocycles. The third kappa shape index (κ3) is 3.81. The summed E-state index contributed by atoms with van der Waals surface area (Å²) < 4.78 is 1.47. The molecule has 0 spiro atoms. The van der Waals surface area contributed by atoms with E-state index in [2.05, 4.69) is 49.2 Å². The van der Waals surface area contributed by atoms with Crippen LogP contribution in [0.3, 0.4) is 0 Å². The molecule has 3 aromatic rings. The zero-order valence-corrected chi connectivity index (χ0v) is 18.6. The Labute approximate surface area is 181 Å². The molecule has 156 valence electrons. The van der Waals surface area contributed by atoms with E-state index in [1.54, 1.807) is 0 Å². The highest BCUT2D eigenvalue weighted by Gasteiger charge is 2.29. The van der Waals surface area contributed by atoms with Gasteiger partial charge in [0.05, 0.1) is 5.25 Å². The zero-order valence-electron chi connectivity index (χ0n) is 17.8. The number of para-hydroxylation sites is 1. The standard InChI is InChI=1S/C23H27N5OS/c1-15(21(29)27-14-13-16-7-5-6-8-19(16)27)30-22-26-25-20(28(22)24)17-9-11-18(12-10-17)23(2,3)4/h5-12,15H,13-14,24H2,1-4H3/t15-/m1/s1. The number of rotatable bonds is 4. The summed E-state index contributed by atoms with van der Waals surface area (Å²) in [5.41, 5.74) is 4.45. The van der Waals surface area contributed by atoms with Gasteiger partial charge in [0.1, 0.15) is 0 Å². The monoisotopic (exact) mass is 421 g/mol. The molecule has 1 amide bonds. The Bertz CT molecular complexity index is 1070. The van der Waals surface area contributed by atoms with Crippen LogP contribution in [0, 0.1) is 0 Å². The largest absolute Gasteiger partial charge is 0.335 e. The minimum Gasteiger partial charge on any atom is -0.335 e. The Balaban J connectivity index is 1.50. The van der Waals surface area contributed by atoms with Gasteiger partial charge in [-0.15, -0.1) is 10.2 Å². The number of benzene rings is 2. The molecule has 7 heteroatoms. The van der Waals surface area contributed by atoms with Gasteiger partial charge in [-0.05, 0) is 36.0 Å². The van der Waals surface area contributed by atoms with Gasteiger partial charge < -0.3 is 10.7 Å². The lowest BCUT2D eigenvalue weighted by Crippen LogP contribution is -2.35. The maximum atomic E-state index is 13.0. The first-order valence-corrected chi connectivity index (χ1v) is 11.0. The van der Waals surface area contributed by atoms with E-state index in [9.17, 15) is 4.79 Å². The smallest absolute Gasteiger partial charge is 0.240 e. The van der Waals surface area contributed by atoms with Crippen molar-refractivity contribution < 1.29 is 4.79 Å². The Morgan fingerprint density at radius 2 is 1.80 bits per heavy atom. The Morgan fingerprint density at radius 1 is 1.10 bits per heavy atom. The van der Waals surface area contributed by atoms with Gasteiger partial charge in [-0.1, -0.05) is 75.0 Å². The van der Waals surface area contributed by atoms with Gasteiger partial charge in [-0.2, -0.15) is 0 Å². The summed E-state index contributed by atoms with van der Waals surface area (Å²) in [5, 5.41) is 8.71. The molecule has 1 aliphatic rings. The Hall–Kier alpha value is -2.80. The van der Waals surface area contributed by atoms with E-state index in [1.807, 2.05) is 42.2 Å². The van der Waals surface area contributed by atoms with Gasteiger partial charge in [-0.25, -0.2) is 4.68 Å². The predicted octanol–water partition coefficient (Wildman–Crippen LogP) is 4.03. The number of aromatic nitrogens is 3. The van der Waals surface area contributed by atoms with Gasteiger partial charge in [0.2, 0.25) is 11.1 Å². The first-order valence-electron chi connectivity index (χ1n) is 10.1. The highest BCUT2D eigenvalue weighted by Crippen LogP contribution is 2.32. The highest BCUT2D eigenvalue weighted by atomic mass is 32.2. The van der Waals surface area contributed by atoms with Crippen LogP contribution in [0.5, 0.6) is 0 Å². The average molecular weight is 422 g/mol. The Morgan fingerprint density at radius 3 is 2.50 bits per heavy atom. The SMILES string of the molecule is C[C@@H](Sc1nnc(-c2ccc(C(C)(C)C)cc2)n1N)C(=O)N1CCc2ccccc21. The third-order valence-corrected chi connectivity index (χ3v) is 6.50. The van der Waals surface area contributed by atoms with Gasteiger partial charge in [0.25, 0.3) is 0 Å². The molecular formula is C23H27N5OS. The van der Waals surface area contributed by atoms with Crippen LogP contribution in [-0.2, 0) is 16.6 Å². The van der Waals surface area contributed by atoms with Crippen molar-refractivity contribution in [3.8, 4) is 11.4 Å². The van der Waals surface area contributed by atoms with Crippen LogP contribution in [0.1, 0.15) is 38.8 Å². The zero-order chi connectivity index (χ0) is 21.5. The van der Waals surface area contributed by atoms with Crippen molar-refractivity contribution >= 4 is 23.4 Å². The molecule has 0 unspecified atom stereocenters. The van der Waals surface area contributed by atoms with E-state index < -0.39 is 0 Å². The fourth-order valence-corrected chi connectivity index (χ4v) is 4.50. The van der Waals surface area contributed by atoms with Crippen LogP contribution in [-0.4, -0.2) is 32.6 Å². The number of fused-ring (bicyclic) bond motifs is 1. The van der Waals surface area contributed by atoms with E-state index >= 15 is 0 Å². The van der Waals surface area contributed by atoms with E-state index in [4.69, 9.17) is 5.84 Å². The van der Waals surface area contributed by atoms with Crippen molar-refractivity contribution in [1.82, 2.24) is 14.9 Å². The molecule has 0 aliphatic carbocycles. The fraction of sp³-hybridized carbons (Fsp3) is 0.348. The summed E-state index contributed by atoms with van der Waals surface area (Å²) in [5.74, 6) is 6.93. The van der Waals surface area contributed by atoms with Crippen molar-refractivity contribution in [3.05, 3.63) is 59.7 Å². The number of anilines is 1. The molecule has 2 aromatic carbocycles. The number of carbonyl (C=O) groups is 1. The minimum atomic E-state index is -0.321. The van der Waals surface area contributed by atoms with Crippen molar-refractivity contribution in [2.45, 2.75) is 49.9 Å². The highest BCUT2D eigenvalue weighted by molar-refractivity contribution is 8.00.